The molecule has 0 aliphatic carbocycles. The number of amides is 1. The molecule has 0 atom stereocenters. The summed E-state index contributed by atoms with van der Waals surface area (Å²) in [6.07, 6.45) is 0. The van der Waals surface area contributed by atoms with E-state index in [0.717, 1.165) is 0 Å². The average Bonchev–Trinajstić information content (AvgIpc) is 2.42. The van der Waals surface area contributed by atoms with Crippen molar-refractivity contribution in [3.63, 3.8) is 0 Å². The Hall–Kier alpha value is -1.60. The van der Waals surface area contributed by atoms with Crippen molar-refractivity contribution in [3.8, 4) is 0 Å². The molecule has 2 rings (SSSR count). The van der Waals surface area contributed by atoms with Crippen LogP contribution in [0.1, 0.15) is 15.9 Å². The van der Waals surface area contributed by atoms with E-state index < -0.39 is 15.9 Å². The summed E-state index contributed by atoms with van der Waals surface area (Å²) in [5.74, 6) is -0.516. The van der Waals surface area contributed by atoms with Gasteiger partial charge in [-0.25, -0.2) is 13.6 Å². The van der Waals surface area contributed by atoms with Crippen LogP contribution in [-0.4, -0.2) is 14.3 Å². The van der Waals surface area contributed by atoms with Gasteiger partial charge in [0.15, 0.2) is 0 Å². The van der Waals surface area contributed by atoms with Crippen molar-refractivity contribution in [3.05, 3.63) is 57.6 Å². The molecule has 0 aliphatic rings. The number of rotatable bonds is 3. The molecule has 2 aromatic rings. The number of hydrogen-bond donors (Lipinski definition) is 2. The van der Waals surface area contributed by atoms with Gasteiger partial charge in [-0.05, 0) is 42.8 Å². The minimum Gasteiger partial charge on any atom is -0.321 e. The van der Waals surface area contributed by atoms with Crippen molar-refractivity contribution in [2.45, 2.75) is 11.8 Å². The number of nitrogens with two attached hydrogens (primary N) is 1. The molecule has 0 bridgehead atoms. The Morgan fingerprint density at radius 3 is 2.50 bits per heavy atom. The van der Waals surface area contributed by atoms with Crippen LogP contribution in [0.15, 0.2) is 41.3 Å². The normalized spacial score (nSPS) is 11.3. The number of halogens is 2. The van der Waals surface area contributed by atoms with Crippen LogP contribution in [0.3, 0.4) is 0 Å². The van der Waals surface area contributed by atoms with Crippen LogP contribution in [-0.2, 0) is 10.0 Å². The van der Waals surface area contributed by atoms with E-state index in [-0.39, 0.29) is 15.5 Å². The molecular weight excluding hydrogens is 347 g/mol. The number of benzene rings is 2. The molecule has 0 radical (unpaired) electrons. The summed E-state index contributed by atoms with van der Waals surface area (Å²) in [4.78, 5) is 12.1. The van der Waals surface area contributed by atoms with Gasteiger partial charge >= 0.3 is 0 Å². The first kappa shape index (κ1) is 16.8. The van der Waals surface area contributed by atoms with Gasteiger partial charge in [-0.3, -0.25) is 4.79 Å². The minimum absolute atomic E-state index is 0.130. The summed E-state index contributed by atoms with van der Waals surface area (Å²) in [6.45, 7) is 1.66. The van der Waals surface area contributed by atoms with Gasteiger partial charge in [-0.15, -0.1) is 0 Å². The first-order valence-corrected chi connectivity index (χ1v) is 8.38. The Morgan fingerprint density at radius 2 is 1.86 bits per heavy atom. The smallest absolute Gasteiger partial charge is 0.255 e. The standard InChI is InChI=1S/C14H12Cl2N2O3S/c1-8-5-9(7-10(6-8)22(17,20)21)14(19)18-12-4-2-3-11(15)13(12)16/h2-7H,1H3,(H,18,19)(H2,17,20,21). The van der Waals surface area contributed by atoms with Gasteiger partial charge in [-0.1, -0.05) is 29.3 Å². The van der Waals surface area contributed by atoms with Crippen LogP contribution in [0.25, 0.3) is 0 Å². The minimum atomic E-state index is -3.90. The largest absolute Gasteiger partial charge is 0.321 e. The molecule has 1 amide bonds. The zero-order chi connectivity index (χ0) is 16.5. The second-order valence-corrected chi connectivity index (χ2v) is 6.98. The third kappa shape index (κ3) is 3.78. The summed E-state index contributed by atoms with van der Waals surface area (Å²) >= 11 is 11.9. The van der Waals surface area contributed by atoms with E-state index >= 15 is 0 Å². The monoisotopic (exact) mass is 358 g/mol. The van der Waals surface area contributed by atoms with E-state index in [1.807, 2.05) is 0 Å². The molecule has 3 N–H and O–H groups in total. The number of sulfonamides is 1. The summed E-state index contributed by atoms with van der Waals surface area (Å²) in [7, 11) is -3.90. The molecule has 5 nitrogen and oxygen atoms in total. The SMILES string of the molecule is Cc1cc(C(=O)Nc2cccc(Cl)c2Cl)cc(S(N)(=O)=O)c1. The van der Waals surface area contributed by atoms with Crippen molar-refractivity contribution >= 4 is 44.8 Å². The first-order chi connectivity index (χ1) is 10.2. The fourth-order valence-corrected chi connectivity index (χ4v) is 2.83. The second kappa shape index (κ2) is 6.26. The molecule has 0 saturated carbocycles. The van der Waals surface area contributed by atoms with E-state index in [1.165, 1.54) is 12.1 Å². The Balaban J connectivity index is 2.38. The highest BCUT2D eigenvalue weighted by Crippen LogP contribution is 2.30. The maximum atomic E-state index is 12.3. The summed E-state index contributed by atoms with van der Waals surface area (Å²) in [5.41, 5.74) is 1.08. The van der Waals surface area contributed by atoms with E-state index in [9.17, 15) is 13.2 Å². The predicted octanol–water partition coefficient (Wildman–Crippen LogP) is 3.20. The number of carbonyl (C=O) groups excluding carboxylic acids is 1. The molecule has 22 heavy (non-hydrogen) atoms. The van der Waals surface area contributed by atoms with E-state index in [2.05, 4.69) is 5.32 Å². The van der Waals surface area contributed by atoms with Crippen LogP contribution in [0.2, 0.25) is 10.0 Å². The maximum Gasteiger partial charge on any atom is 0.255 e. The van der Waals surface area contributed by atoms with Crippen LogP contribution in [0.5, 0.6) is 0 Å². The Labute approximate surface area is 138 Å². The summed E-state index contributed by atoms with van der Waals surface area (Å²) < 4.78 is 22.8. The molecule has 2 aromatic carbocycles. The van der Waals surface area contributed by atoms with Gasteiger partial charge in [0.25, 0.3) is 5.91 Å². The zero-order valence-electron chi connectivity index (χ0n) is 11.4. The predicted molar refractivity (Wildman–Crippen MR) is 87.0 cm³/mol. The number of carbonyl (C=O) groups is 1. The number of anilines is 1. The highest BCUT2D eigenvalue weighted by Gasteiger charge is 2.15. The fraction of sp³-hybridized carbons (Fsp3) is 0.0714. The van der Waals surface area contributed by atoms with E-state index in [1.54, 1.807) is 31.2 Å². The van der Waals surface area contributed by atoms with Crippen LogP contribution < -0.4 is 10.5 Å². The lowest BCUT2D eigenvalue weighted by atomic mass is 10.1. The second-order valence-electron chi connectivity index (χ2n) is 4.64. The Bertz CT molecular complexity index is 851. The van der Waals surface area contributed by atoms with Crippen molar-refractivity contribution < 1.29 is 13.2 Å². The highest BCUT2D eigenvalue weighted by molar-refractivity contribution is 7.89. The van der Waals surface area contributed by atoms with Gasteiger partial charge in [0.05, 0.1) is 20.6 Å². The fourth-order valence-electron chi connectivity index (χ4n) is 1.84. The van der Waals surface area contributed by atoms with Crippen molar-refractivity contribution in [2.24, 2.45) is 5.14 Å². The molecule has 0 heterocycles. The molecule has 0 spiro atoms. The molecule has 0 saturated heterocycles. The first-order valence-electron chi connectivity index (χ1n) is 6.08. The lowest BCUT2D eigenvalue weighted by molar-refractivity contribution is 0.102. The van der Waals surface area contributed by atoms with Gasteiger partial charge in [0.2, 0.25) is 10.0 Å². The van der Waals surface area contributed by atoms with Gasteiger partial charge in [0.1, 0.15) is 0 Å². The Morgan fingerprint density at radius 1 is 1.18 bits per heavy atom. The molecular formula is C14H12Cl2N2O3S. The van der Waals surface area contributed by atoms with Crippen LogP contribution in [0, 0.1) is 6.92 Å². The number of aryl methyl sites for hydroxylation is 1. The molecule has 0 unspecified atom stereocenters. The van der Waals surface area contributed by atoms with Gasteiger partial charge in [0, 0.05) is 5.56 Å². The van der Waals surface area contributed by atoms with E-state index in [0.29, 0.717) is 16.3 Å². The van der Waals surface area contributed by atoms with Gasteiger partial charge in [-0.2, -0.15) is 0 Å². The molecule has 0 fully saturated rings. The summed E-state index contributed by atoms with van der Waals surface area (Å²) in [6, 6.07) is 8.95. The quantitative estimate of drug-likeness (QED) is 0.882. The summed E-state index contributed by atoms with van der Waals surface area (Å²) in [5, 5.41) is 8.18. The molecule has 0 aliphatic heterocycles. The zero-order valence-corrected chi connectivity index (χ0v) is 13.8. The lowest BCUT2D eigenvalue weighted by Gasteiger charge is -2.10. The van der Waals surface area contributed by atoms with Crippen molar-refractivity contribution in [1.82, 2.24) is 0 Å². The van der Waals surface area contributed by atoms with Crippen molar-refractivity contribution in [2.75, 3.05) is 5.32 Å². The lowest BCUT2D eigenvalue weighted by Crippen LogP contribution is -2.16. The molecule has 116 valence electrons. The van der Waals surface area contributed by atoms with Crippen LogP contribution >= 0.6 is 23.2 Å². The van der Waals surface area contributed by atoms with Crippen molar-refractivity contribution in [1.29, 1.82) is 0 Å². The molecule has 8 heteroatoms. The number of nitrogens with one attached hydrogen (secondary N) is 1. The topological polar surface area (TPSA) is 89.3 Å². The third-order valence-corrected chi connectivity index (χ3v) is 4.55. The third-order valence-electron chi connectivity index (χ3n) is 2.84. The van der Waals surface area contributed by atoms with E-state index in [4.69, 9.17) is 28.3 Å². The number of primary sulfonamides is 1. The Kier molecular flexibility index (Phi) is 4.77. The van der Waals surface area contributed by atoms with Gasteiger partial charge < -0.3 is 5.32 Å². The number of hydrogen-bond acceptors (Lipinski definition) is 3. The molecule has 0 aromatic heterocycles. The average molecular weight is 359 g/mol. The highest BCUT2D eigenvalue weighted by atomic mass is 35.5. The van der Waals surface area contributed by atoms with Crippen LogP contribution in [0.4, 0.5) is 5.69 Å². The maximum absolute atomic E-state index is 12.3.